The fourth-order valence-electron chi connectivity index (χ4n) is 5.51. The first-order chi connectivity index (χ1) is 15.6. The van der Waals surface area contributed by atoms with Crippen LogP contribution in [0.3, 0.4) is 0 Å². The highest BCUT2D eigenvalue weighted by atomic mass is 19.1. The van der Waals surface area contributed by atoms with Crippen molar-refractivity contribution in [2.24, 2.45) is 0 Å². The zero-order valence-electron chi connectivity index (χ0n) is 18.3. The molecule has 170 valence electrons. The van der Waals surface area contributed by atoms with Crippen molar-refractivity contribution in [2.45, 2.75) is 49.2 Å². The number of hydrogen-bond donors (Lipinski definition) is 0. The first-order valence-corrected chi connectivity index (χ1v) is 11.6. The largest absolute Gasteiger partial charge is 0.488 e. The summed E-state index contributed by atoms with van der Waals surface area (Å²) in [4.78, 5) is 15.7. The third-order valence-electron chi connectivity index (χ3n) is 7.33. The lowest BCUT2D eigenvalue weighted by atomic mass is 9.72. The van der Waals surface area contributed by atoms with Crippen molar-refractivity contribution in [3.05, 3.63) is 66.0 Å². The maximum Gasteiger partial charge on any atom is 0.233 e. The van der Waals surface area contributed by atoms with Gasteiger partial charge >= 0.3 is 0 Å². The van der Waals surface area contributed by atoms with Crippen LogP contribution in [-0.2, 0) is 19.7 Å². The summed E-state index contributed by atoms with van der Waals surface area (Å²) in [6.45, 7) is 2.75. The third-order valence-corrected chi connectivity index (χ3v) is 7.33. The van der Waals surface area contributed by atoms with E-state index in [0.29, 0.717) is 51.3 Å². The van der Waals surface area contributed by atoms with Crippen molar-refractivity contribution in [2.75, 3.05) is 32.9 Å². The summed E-state index contributed by atoms with van der Waals surface area (Å²) >= 11 is 0. The van der Waals surface area contributed by atoms with Crippen LogP contribution in [0.4, 0.5) is 4.39 Å². The van der Waals surface area contributed by atoms with E-state index in [9.17, 15) is 9.18 Å². The van der Waals surface area contributed by atoms with Gasteiger partial charge in [-0.25, -0.2) is 4.39 Å². The molecule has 3 heterocycles. The monoisotopic (exact) mass is 439 g/mol. The zero-order chi connectivity index (χ0) is 22.0. The standard InChI is InChI=1S/C26H30FNO4/c27-23-9-5-4-8-22(23)26(12-16-30-17-13-26)24(29)28-14-10-25(11-15-28)18-21(19-31-25)32-20-6-2-1-3-7-20/h1-9,21H,10-19H2/t21-/m1/s1. The minimum atomic E-state index is -0.844. The van der Waals surface area contributed by atoms with E-state index in [1.165, 1.54) is 6.07 Å². The number of piperidine rings is 1. The summed E-state index contributed by atoms with van der Waals surface area (Å²) in [5, 5.41) is 0. The summed E-state index contributed by atoms with van der Waals surface area (Å²) in [6.07, 6.45) is 3.43. The van der Waals surface area contributed by atoms with Gasteiger partial charge in [0.2, 0.25) is 5.91 Å². The van der Waals surface area contributed by atoms with Gasteiger partial charge in [0.25, 0.3) is 0 Å². The number of carbonyl (C=O) groups is 1. The van der Waals surface area contributed by atoms with Crippen LogP contribution in [0, 0.1) is 5.82 Å². The number of benzene rings is 2. The van der Waals surface area contributed by atoms with Gasteiger partial charge in [0, 0.05) is 38.3 Å². The van der Waals surface area contributed by atoms with E-state index in [0.717, 1.165) is 25.0 Å². The van der Waals surface area contributed by atoms with Gasteiger partial charge in [0.15, 0.2) is 0 Å². The van der Waals surface area contributed by atoms with Crippen LogP contribution in [0.15, 0.2) is 54.6 Å². The average Bonchev–Trinajstić information content (AvgIpc) is 3.22. The lowest BCUT2D eigenvalue weighted by Crippen LogP contribution is -2.54. The number of para-hydroxylation sites is 1. The molecule has 1 atom stereocenters. The number of carbonyl (C=O) groups excluding carboxylic acids is 1. The van der Waals surface area contributed by atoms with E-state index in [1.807, 2.05) is 41.3 Å². The fraction of sp³-hybridized carbons (Fsp3) is 0.500. The maximum absolute atomic E-state index is 14.8. The molecule has 2 aromatic carbocycles. The molecule has 3 fully saturated rings. The molecule has 0 unspecified atom stereocenters. The van der Waals surface area contributed by atoms with Crippen molar-refractivity contribution in [3.63, 3.8) is 0 Å². The molecule has 0 radical (unpaired) electrons. The molecular formula is C26H30FNO4. The van der Waals surface area contributed by atoms with Crippen LogP contribution in [0.25, 0.3) is 0 Å². The predicted octanol–water partition coefficient (Wildman–Crippen LogP) is 4.10. The van der Waals surface area contributed by atoms with Crippen LogP contribution in [0.1, 0.15) is 37.7 Å². The number of rotatable bonds is 4. The fourth-order valence-corrected chi connectivity index (χ4v) is 5.51. The van der Waals surface area contributed by atoms with E-state index in [4.69, 9.17) is 14.2 Å². The highest BCUT2D eigenvalue weighted by Gasteiger charge is 2.49. The van der Waals surface area contributed by atoms with Crippen LogP contribution in [0.5, 0.6) is 5.75 Å². The Morgan fingerprint density at radius 1 is 0.969 bits per heavy atom. The van der Waals surface area contributed by atoms with Gasteiger partial charge in [-0.05, 0) is 43.9 Å². The van der Waals surface area contributed by atoms with Gasteiger partial charge in [-0.15, -0.1) is 0 Å². The Morgan fingerprint density at radius 3 is 2.38 bits per heavy atom. The summed E-state index contributed by atoms with van der Waals surface area (Å²) < 4.78 is 32.6. The van der Waals surface area contributed by atoms with Gasteiger partial charge in [-0.3, -0.25) is 4.79 Å². The minimum absolute atomic E-state index is 0.0239. The Labute approximate surface area is 188 Å². The second-order valence-corrected chi connectivity index (χ2v) is 9.22. The highest BCUT2D eigenvalue weighted by Crippen LogP contribution is 2.42. The molecule has 0 saturated carbocycles. The quantitative estimate of drug-likeness (QED) is 0.720. The smallest absolute Gasteiger partial charge is 0.233 e. The number of ether oxygens (including phenoxy) is 3. The molecule has 32 heavy (non-hydrogen) atoms. The lowest BCUT2D eigenvalue weighted by Gasteiger charge is -2.44. The molecule has 5 rings (SSSR count). The summed E-state index contributed by atoms with van der Waals surface area (Å²) in [5.41, 5.74) is -0.581. The maximum atomic E-state index is 14.8. The summed E-state index contributed by atoms with van der Waals surface area (Å²) in [7, 11) is 0. The Hall–Kier alpha value is -2.44. The van der Waals surface area contributed by atoms with Gasteiger partial charge in [0.05, 0.1) is 17.6 Å². The molecule has 0 aliphatic carbocycles. The predicted molar refractivity (Wildman–Crippen MR) is 118 cm³/mol. The lowest BCUT2D eigenvalue weighted by molar-refractivity contribution is -0.146. The SMILES string of the molecule is O=C(N1CCC2(CC1)C[C@@H](Oc1ccccc1)CO2)C1(c2ccccc2F)CCOCC1. The van der Waals surface area contributed by atoms with E-state index in [2.05, 4.69) is 0 Å². The molecule has 2 aromatic rings. The average molecular weight is 440 g/mol. The van der Waals surface area contributed by atoms with Crippen molar-refractivity contribution >= 4 is 5.91 Å². The molecule has 5 nitrogen and oxygen atoms in total. The normalized spacial score (nSPS) is 24.4. The Balaban J connectivity index is 1.26. The van der Waals surface area contributed by atoms with Crippen molar-refractivity contribution in [3.8, 4) is 5.75 Å². The molecule has 0 bridgehead atoms. The second kappa shape index (κ2) is 8.83. The van der Waals surface area contributed by atoms with Crippen molar-refractivity contribution in [1.29, 1.82) is 0 Å². The van der Waals surface area contributed by atoms with Crippen LogP contribution < -0.4 is 4.74 Å². The summed E-state index contributed by atoms with van der Waals surface area (Å²) in [5.74, 6) is 0.573. The summed E-state index contributed by atoms with van der Waals surface area (Å²) in [6, 6.07) is 16.5. The van der Waals surface area contributed by atoms with Gasteiger partial charge < -0.3 is 19.1 Å². The number of nitrogens with zero attached hydrogens (tertiary/aromatic N) is 1. The molecule has 6 heteroatoms. The van der Waals surface area contributed by atoms with Gasteiger partial charge in [0.1, 0.15) is 17.7 Å². The zero-order valence-corrected chi connectivity index (χ0v) is 18.3. The van der Waals surface area contributed by atoms with Crippen molar-refractivity contribution < 1.29 is 23.4 Å². The van der Waals surface area contributed by atoms with Gasteiger partial charge in [-0.2, -0.15) is 0 Å². The van der Waals surface area contributed by atoms with Gasteiger partial charge in [-0.1, -0.05) is 36.4 Å². The van der Waals surface area contributed by atoms with Crippen LogP contribution in [0.2, 0.25) is 0 Å². The molecule has 0 aromatic heterocycles. The first kappa shape index (κ1) is 21.4. The molecule has 3 saturated heterocycles. The Bertz CT molecular complexity index is 936. The van der Waals surface area contributed by atoms with Crippen LogP contribution in [-0.4, -0.2) is 55.4 Å². The molecule has 3 aliphatic rings. The van der Waals surface area contributed by atoms with E-state index >= 15 is 0 Å². The van der Waals surface area contributed by atoms with E-state index < -0.39 is 5.41 Å². The number of likely N-dealkylation sites (tertiary alicyclic amines) is 1. The molecule has 1 amide bonds. The number of hydrogen-bond acceptors (Lipinski definition) is 4. The molecular weight excluding hydrogens is 409 g/mol. The van der Waals surface area contributed by atoms with E-state index in [-0.39, 0.29) is 23.4 Å². The Morgan fingerprint density at radius 2 is 1.66 bits per heavy atom. The topological polar surface area (TPSA) is 48.0 Å². The van der Waals surface area contributed by atoms with Crippen LogP contribution >= 0.6 is 0 Å². The highest BCUT2D eigenvalue weighted by molar-refractivity contribution is 5.88. The molecule has 3 aliphatic heterocycles. The van der Waals surface area contributed by atoms with E-state index in [1.54, 1.807) is 12.1 Å². The van der Waals surface area contributed by atoms with Crippen molar-refractivity contribution in [1.82, 2.24) is 4.90 Å². The molecule has 0 N–H and O–H groups in total. The minimum Gasteiger partial charge on any atom is -0.488 e. The molecule has 1 spiro atoms. The number of amides is 1. The third kappa shape index (κ3) is 4.02. The number of halogens is 1. The Kier molecular flexibility index (Phi) is 5.91. The first-order valence-electron chi connectivity index (χ1n) is 11.6. The second-order valence-electron chi connectivity index (χ2n) is 9.22.